The first-order chi connectivity index (χ1) is 8.27. The van der Waals surface area contributed by atoms with Crippen molar-refractivity contribution >= 4 is 12.2 Å². The lowest BCUT2D eigenvalue weighted by atomic mass is 10.1. The van der Waals surface area contributed by atoms with Crippen molar-refractivity contribution < 1.29 is 9.59 Å². The summed E-state index contributed by atoms with van der Waals surface area (Å²) in [6.07, 6.45) is 9.69. The standard InChI is InChI=1S/C12H23NO2.C2H6/c1-12(15)9-7-5-3-2-4-6-8-10-13-11-14;1-2/h11H,2-10H2,1H3,(H,13,14);1-2H3. The molecule has 0 unspecified atom stereocenters. The normalized spacial score (nSPS) is 9.12. The van der Waals surface area contributed by atoms with E-state index >= 15 is 0 Å². The highest BCUT2D eigenvalue weighted by Crippen LogP contribution is 2.08. The van der Waals surface area contributed by atoms with Gasteiger partial charge in [0.05, 0.1) is 0 Å². The molecule has 0 spiro atoms. The van der Waals surface area contributed by atoms with Gasteiger partial charge in [-0.3, -0.25) is 4.79 Å². The van der Waals surface area contributed by atoms with Crippen molar-refractivity contribution in [1.29, 1.82) is 0 Å². The lowest BCUT2D eigenvalue weighted by Gasteiger charge is -2.01. The van der Waals surface area contributed by atoms with Crippen LogP contribution in [0.4, 0.5) is 0 Å². The summed E-state index contributed by atoms with van der Waals surface area (Å²) < 4.78 is 0. The molecule has 0 aromatic heterocycles. The Morgan fingerprint density at radius 1 is 0.941 bits per heavy atom. The third-order valence-corrected chi connectivity index (χ3v) is 2.43. The average molecular weight is 243 g/mol. The lowest BCUT2D eigenvalue weighted by molar-refractivity contribution is -0.117. The van der Waals surface area contributed by atoms with Crippen molar-refractivity contribution in [3.05, 3.63) is 0 Å². The van der Waals surface area contributed by atoms with Crippen LogP contribution in [-0.4, -0.2) is 18.7 Å². The Hall–Kier alpha value is -0.860. The molecular weight excluding hydrogens is 214 g/mol. The molecule has 0 aliphatic carbocycles. The molecular formula is C14H29NO2. The number of hydrogen-bond donors (Lipinski definition) is 1. The van der Waals surface area contributed by atoms with E-state index in [1.54, 1.807) is 6.92 Å². The van der Waals surface area contributed by atoms with Gasteiger partial charge in [0.1, 0.15) is 5.78 Å². The van der Waals surface area contributed by atoms with Gasteiger partial charge in [0.25, 0.3) is 0 Å². The molecule has 3 nitrogen and oxygen atoms in total. The second kappa shape index (κ2) is 17.5. The number of unbranched alkanes of at least 4 members (excludes halogenated alkanes) is 6. The largest absolute Gasteiger partial charge is 0.359 e. The lowest BCUT2D eigenvalue weighted by Crippen LogP contribution is -2.11. The van der Waals surface area contributed by atoms with Crippen LogP contribution in [0.15, 0.2) is 0 Å². The van der Waals surface area contributed by atoms with Crippen molar-refractivity contribution in [3.63, 3.8) is 0 Å². The van der Waals surface area contributed by atoms with Crippen LogP contribution < -0.4 is 5.32 Å². The van der Waals surface area contributed by atoms with Crippen LogP contribution in [-0.2, 0) is 9.59 Å². The van der Waals surface area contributed by atoms with Crippen LogP contribution in [0.5, 0.6) is 0 Å². The SMILES string of the molecule is CC.CC(=O)CCCCCCCCCNC=O. The molecule has 0 aliphatic rings. The predicted molar refractivity (Wildman–Crippen MR) is 73.0 cm³/mol. The average Bonchev–Trinajstić information content (AvgIpc) is 2.34. The Balaban J connectivity index is 0. The number of ketones is 1. The first-order valence-corrected chi connectivity index (χ1v) is 6.94. The highest BCUT2D eigenvalue weighted by molar-refractivity contribution is 5.75. The van der Waals surface area contributed by atoms with E-state index in [0.29, 0.717) is 5.78 Å². The molecule has 0 bridgehead atoms. The number of amides is 1. The van der Waals surface area contributed by atoms with Crippen LogP contribution in [0.1, 0.15) is 72.1 Å². The molecule has 17 heavy (non-hydrogen) atoms. The number of rotatable bonds is 11. The predicted octanol–water partition coefficient (Wildman–Crippen LogP) is 3.47. The first kappa shape index (κ1) is 18.5. The van der Waals surface area contributed by atoms with Gasteiger partial charge in [-0.25, -0.2) is 0 Å². The molecule has 0 saturated heterocycles. The maximum absolute atomic E-state index is 10.6. The van der Waals surface area contributed by atoms with Gasteiger partial charge in [-0.2, -0.15) is 0 Å². The van der Waals surface area contributed by atoms with E-state index in [0.717, 1.165) is 32.2 Å². The van der Waals surface area contributed by atoms with Crippen LogP contribution in [0.3, 0.4) is 0 Å². The topological polar surface area (TPSA) is 46.2 Å². The molecule has 0 aromatic carbocycles. The molecule has 0 radical (unpaired) electrons. The monoisotopic (exact) mass is 243 g/mol. The minimum Gasteiger partial charge on any atom is -0.359 e. The fourth-order valence-electron chi connectivity index (χ4n) is 1.54. The Morgan fingerprint density at radius 3 is 1.88 bits per heavy atom. The van der Waals surface area contributed by atoms with Crippen molar-refractivity contribution in [1.82, 2.24) is 5.32 Å². The van der Waals surface area contributed by atoms with Gasteiger partial charge < -0.3 is 10.1 Å². The molecule has 0 fully saturated rings. The summed E-state index contributed by atoms with van der Waals surface area (Å²) in [5, 5.41) is 2.65. The smallest absolute Gasteiger partial charge is 0.207 e. The molecule has 0 heterocycles. The summed E-state index contributed by atoms with van der Waals surface area (Å²) >= 11 is 0. The van der Waals surface area contributed by atoms with Crippen LogP contribution in [0, 0.1) is 0 Å². The van der Waals surface area contributed by atoms with Gasteiger partial charge in [-0.1, -0.05) is 46.0 Å². The van der Waals surface area contributed by atoms with Gasteiger partial charge >= 0.3 is 0 Å². The van der Waals surface area contributed by atoms with Gasteiger partial charge in [0.2, 0.25) is 6.41 Å². The fourth-order valence-corrected chi connectivity index (χ4v) is 1.54. The van der Waals surface area contributed by atoms with E-state index in [1.807, 2.05) is 13.8 Å². The number of hydrogen-bond acceptors (Lipinski definition) is 2. The molecule has 0 aliphatic heterocycles. The van der Waals surface area contributed by atoms with E-state index in [-0.39, 0.29) is 0 Å². The third kappa shape index (κ3) is 21.1. The van der Waals surface area contributed by atoms with Gasteiger partial charge in [-0.05, 0) is 19.8 Å². The zero-order valence-electron chi connectivity index (χ0n) is 11.8. The van der Waals surface area contributed by atoms with Gasteiger partial charge in [-0.15, -0.1) is 0 Å². The zero-order valence-corrected chi connectivity index (χ0v) is 11.8. The van der Waals surface area contributed by atoms with Crippen LogP contribution in [0.2, 0.25) is 0 Å². The molecule has 0 rings (SSSR count). The number of Topliss-reactive ketones (excluding diaryl/α,β-unsaturated/α-hetero) is 1. The Bertz CT molecular complexity index is 170. The zero-order chi connectivity index (χ0) is 13.4. The summed E-state index contributed by atoms with van der Waals surface area (Å²) in [5.41, 5.74) is 0. The van der Waals surface area contributed by atoms with Crippen molar-refractivity contribution in [2.75, 3.05) is 6.54 Å². The maximum atomic E-state index is 10.6. The highest BCUT2D eigenvalue weighted by atomic mass is 16.1. The number of carbonyl (C=O) groups is 2. The summed E-state index contributed by atoms with van der Waals surface area (Å²) in [7, 11) is 0. The van der Waals surface area contributed by atoms with Crippen LogP contribution >= 0.6 is 0 Å². The minimum atomic E-state index is 0.301. The van der Waals surface area contributed by atoms with Crippen molar-refractivity contribution in [2.45, 2.75) is 72.1 Å². The van der Waals surface area contributed by atoms with E-state index in [4.69, 9.17) is 0 Å². The molecule has 1 amide bonds. The van der Waals surface area contributed by atoms with E-state index in [1.165, 1.54) is 32.1 Å². The van der Waals surface area contributed by atoms with Crippen LogP contribution in [0.25, 0.3) is 0 Å². The second-order valence-corrected chi connectivity index (χ2v) is 4.00. The number of carbonyl (C=O) groups excluding carboxylic acids is 2. The Labute approximate surface area is 106 Å². The highest BCUT2D eigenvalue weighted by Gasteiger charge is 1.94. The molecule has 0 saturated carbocycles. The van der Waals surface area contributed by atoms with Gasteiger partial charge in [0.15, 0.2) is 0 Å². The summed E-state index contributed by atoms with van der Waals surface area (Å²) in [6.45, 7) is 6.45. The fraction of sp³-hybridized carbons (Fsp3) is 0.857. The number of nitrogens with one attached hydrogen (secondary N) is 1. The van der Waals surface area contributed by atoms with Crippen molar-refractivity contribution in [2.24, 2.45) is 0 Å². The van der Waals surface area contributed by atoms with E-state index < -0.39 is 0 Å². The second-order valence-electron chi connectivity index (χ2n) is 4.00. The quantitative estimate of drug-likeness (QED) is 0.446. The first-order valence-electron chi connectivity index (χ1n) is 6.94. The Morgan fingerprint density at radius 2 is 1.41 bits per heavy atom. The minimum absolute atomic E-state index is 0.301. The van der Waals surface area contributed by atoms with Crippen molar-refractivity contribution in [3.8, 4) is 0 Å². The maximum Gasteiger partial charge on any atom is 0.207 e. The van der Waals surface area contributed by atoms with Gasteiger partial charge in [0, 0.05) is 13.0 Å². The molecule has 102 valence electrons. The van der Waals surface area contributed by atoms with E-state index in [9.17, 15) is 9.59 Å². The third-order valence-electron chi connectivity index (χ3n) is 2.43. The summed E-state index contributed by atoms with van der Waals surface area (Å²) in [5.74, 6) is 0.301. The Kier molecular flexibility index (Phi) is 19.1. The summed E-state index contributed by atoms with van der Waals surface area (Å²) in [6, 6.07) is 0. The molecule has 1 N–H and O–H groups in total. The molecule has 0 atom stereocenters. The summed E-state index contributed by atoms with van der Waals surface area (Å²) in [4.78, 5) is 20.6. The van der Waals surface area contributed by atoms with E-state index in [2.05, 4.69) is 5.32 Å². The molecule has 0 aromatic rings. The molecule has 3 heteroatoms.